The zero-order chi connectivity index (χ0) is 23.8. The van der Waals surface area contributed by atoms with Crippen molar-refractivity contribution >= 4 is 27.8 Å². The third-order valence-electron chi connectivity index (χ3n) is 6.52. The van der Waals surface area contributed by atoms with Crippen LogP contribution in [0, 0.1) is 0 Å². The summed E-state index contributed by atoms with van der Waals surface area (Å²) in [6.45, 7) is 8.70. The van der Waals surface area contributed by atoms with Crippen LogP contribution in [0.4, 0.5) is 0 Å². The average Bonchev–Trinajstić information content (AvgIpc) is 3.27. The zero-order valence-electron chi connectivity index (χ0n) is 20.2. The summed E-state index contributed by atoms with van der Waals surface area (Å²) in [5, 5.41) is 20.8. The van der Waals surface area contributed by atoms with E-state index in [0.717, 1.165) is 44.1 Å². The highest BCUT2D eigenvalue weighted by atomic mass is 16.3. The summed E-state index contributed by atoms with van der Waals surface area (Å²) in [5.74, 6) is 0.954. The molecule has 34 heavy (non-hydrogen) atoms. The maximum absolute atomic E-state index is 11.4. The second-order valence-electron chi connectivity index (χ2n) is 9.49. The van der Waals surface area contributed by atoms with Crippen molar-refractivity contribution in [2.24, 2.45) is 5.10 Å². The maximum atomic E-state index is 11.4. The standard InChI is InChI=1S/C31H30N2O/c1-20(2)28-16-17-29(21(3)4)33(28)32-19-24-12-9-15-27(31(24)34)30-25-13-7-5-10-22(25)18-23-11-6-8-14-26(23)30/h5-21,34H,1-4H3/b32-19+. The molecule has 0 radical (unpaired) electrons. The normalized spacial score (nSPS) is 12.1. The first-order valence-corrected chi connectivity index (χ1v) is 11.9. The largest absolute Gasteiger partial charge is 0.507 e. The number of aromatic nitrogens is 1. The molecule has 0 fully saturated rings. The minimum absolute atomic E-state index is 0.247. The lowest BCUT2D eigenvalue weighted by Gasteiger charge is -2.15. The van der Waals surface area contributed by atoms with Crippen molar-refractivity contribution in [1.29, 1.82) is 0 Å². The van der Waals surface area contributed by atoms with Gasteiger partial charge in [-0.2, -0.15) is 5.10 Å². The number of fused-ring (bicyclic) bond motifs is 2. The Morgan fingerprint density at radius 2 is 1.26 bits per heavy atom. The molecule has 0 saturated carbocycles. The second-order valence-corrected chi connectivity index (χ2v) is 9.49. The van der Waals surface area contributed by atoms with Crippen molar-refractivity contribution in [3.63, 3.8) is 0 Å². The van der Waals surface area contributed by atoms with Crippen molar-refractivity contribution < 1.29 is 5.11 Å². The molecular weight excluding hydrogens is 416 g/mol. The Labute approximate surface area is 201 Å². The maximum Gasteiger partial charge on any atom is 0.132 e. The molecule has 170 valence electrons. The van der Waals surface area contributed by atoms with Gasteiger partial charge in [0.25, 0.3) is 0 Å². The Bertz CT molecular complexity index is 1440. The molecule has 1 aromatic heterocycles. The van der Waals surface area contributed by atoms with Gasteiger partial charge < -0.3 is 5.11 Å². The summed E-state index contributed by atoms with van der Waals surface area (Å²) in [6.07, 6.45) is 1.78. The molecule has 4 aromatic carbocycles. The van der Waals surface area contributed by atoms with E-state index in [-0.39, 0.29) is 5.75 Å². The first-order valence-electron chi connectivity index (χ1n) is 11.9. The first kappa shape index (κ1) is 22.0. The van der Waals surface area contributed by atoms with E-state index in [9.17, 15) is 5.11 Å². The molecule has 0 aliphatic heterocycles. The Balaban J connectivity index is 1.69. The lowest BCUT2D eigenvalue weighted by molar-refractivity contribution is 0.476. The third kappa shape index (κ3) is 3.77. The average molecular weight is 447 g/mol. The molecule has 0 aliphatic carbocycles. The van der Waals surface area contributed by atoms with E-state index in [1.165, 1.54) is 0 Å². The van der Waals surface area contributed by atoms with E-state index >= 15 is 0 Å². The van der Waals surface area contributed by atoms with Crippen LogP contribution in [-0.4, -0.2) is 16.0 Å². The van der Waals surface area contributed by atoms with Crippen LogP contribution in [0.25, 0.3) is 32.7 Å². The van der Waals surface area contributed by atoms with Gasteiger partial charge in [0.15, 0.2) is 0 Å². The highest BCUT2D eigenvalue weighted by Crippen LogP contribution is 2.41. The van der Waals surface area contributed by atoms with Gasteiger partial charge in [0.05, 0.1) is 6.21 Å². The van der Waals surface area contributed by atoms with Crippen molar-refractivity contribution in [2.75, 3.05) is 0 Å². The molecule has 3 heteroatoms. The Kier molecular flexibility index (Phi) is 5.70. The predicted molar refractivity (Wildman–Crippen MR) is 144 cm³/mol. The molecule has 1 N–H and O–H groups in total. The minimum Gasteiger partial charge on any atom is -0.507 e. The molecule has 5 aromatic rings. The molecule has 0 bridgehead atoms. The quantitative estimate of drug-likeness (QED) is 0.214. The minimum atomic E-state index is 0.247. The molecule has 5 rings (SSSR count). The van der Waals surface area contributed by atoms with E-state index in [4.69, 9.17) is 5.10 Å². The van der Waals surface area contributed by atoms with Crippen LogP contribution in [-0.2, 0) is 0 Å². The second kappa shape index (κ2) is 8.83. The number of rotatable bonds is 5. The van der Waals surface area contributed by atoms with Crippen molar-refractivity contribution in [3.05, 3.63) is 102 Å². The van der Waals surface area contributed by atoms with E-state index in [1.54, 1.807) is 6.21 Å². The summed E-state index contributed by atoms with van der Waals surface area (Å²) in [5.41, 5.74) is 4.89. The number of benzene rings is 4. The van der Waals surface area contributed by atoms with Crippen molar-refractivity contribution in [2.45, 2.75) is 39.5 Å². The number of hydrogen-bond acceptors (Lipinski definition) is 2. The van der Waals surface area contributed by atoms with Gasteiger partial charge in [0.1, 0.15) is 5.75 Å². The summed E-state index contributed by atoms with van der Waals surface area (Å²) >= 11 is 0. The van der Waals surface area contributed by atoms with Crippen LogP contribution in [0.3, 0.4) is 0 Å². The number of para-hydroxylation sites is 1. The van der Waals surface area contributed by atoms with Crippen LogP contribution in [0.2, 0.25) is 0 Å². The van der Waals surface area contributed by atoms with Crippen LogP contribution in [0.1, 0.15) is 56.5 Å². The Morgan fingerprint density at radius 1 is 0.706 bits per heavy atom. The van der Waals surface area contributed by atoms with Crippen molar-refractivity contribution in [3.8, 4) is 16.9 Å². The molecular formula is C31H30N2O. The summed E-state index contributed by atoms with van der Waals surface area (Å²) < 4.78 is 2.02. The van der Waals surface area contributed by atoms with Gasteiger partial charge in [-0.15, -0.1) is 0 Å². The van der Waals surface area contributed by atoms with Gasteiger partial charge in [0, 0.05) is 28.1 Å². The molecule has 3 nitrogen and oxygen atoms in total. The summed E-state index contributed by atoms with van der Waals surface area (Å²) in [4.78, 5) is 0. The number of nitrogens with zero attached hydrogens (tertiary/aromatic N) is 2. The van der Waals surface area contributed by atoms with Gasteiger partial charge in [-0.1, -0.05) is 88.4 Å². The topological polar surface area (TPSA) is 37.5 Å². The number of aromatic hydroxyl groups is 1. The first-order chi connectivity index (χ1) is 16.5. The van der Waals surface area contributed by atoms with Gasteiger partial charge in [-0.3, -0.25) is 0 Å². The molecule has 1 heterocycles. The summed E-state index contributed by atoms with van der Waals surface area (Å²) in [6, 6.07) is 29.1. The molecule has 0 aliphatic rings. The predicted octanol–water partition coefficient (Wildman–Crippen LogP) is 8.30. The molecule has 0 atom stereocenters. The van der Waals surface area contributed by atoms with E-state index in [2.05, 4.69) is 94.4 Å². The molecule has 0 unspecified atom stereocenters. The van der Waals surface area contributed by atoms with Crippen LogP contribution in [0.5, 0.6) is 5.75 Å². The molecule has 0 amide bonds. The number of phenolic OH excluding ortho intramolecular Hbond substituents is 1. The zero-order valence-corrected chi connectivity index (χ0v) is 20.2. The number of phenols is 1. The van der Waals surface area contributed by atoms with E-state index < -0.39 is 0 Å². The smallest absolute Gasteiger partial charge is 0.132 e. The lowest BCUT2D eigenvalue weighted by atomic mass is 9.91. The Hall–Kier alpha value is -3.85. The fourth-order valence-corrected chi connectivity index (χ4v) is 4.76. The molecule has 0 spiro atoms. The van der Waals surface area contributed by atoms with Gasteiger partial charge in [0.2, 0.25) is 0 Å². The van der Waals surface area contributed by atoms with Gasteiger partial charge in [-0.25, -0.2) is 4.68 Å². The van der Waals surface area contributed by atoms with Crippen LogP contribution in [0.15, 0.2) is 90.0 Å². The Morgan fingerprint density at radius 3 is 1.82 bits per heavy atom. The fraction of sp³-hybridized carbons (Fsp3) is 0.194. The lowest BCUT2D eigenvalue weighted by Crippen LogP contribution is -2.04. The fourth-order valence-electron chi connectivity index (χ4n) is 4.76. The third-order valence-corrected chi connectivity index (χ3v) is 6.52. The highest BCUT2D eigenvalue weighted by molar-refractivity contribution is 6.14. The van der Waals surface area contributed by atoms with Gasteiger partial charge >= 0.3 is 0 Å². The van der Waals surface area contributed by atoms with Crippen LogP contribution >= 0.6 is 0 Å². The van der Waals surface area contributed by atoms with Crippen molar-refractivity contribution in [1.82, 2.24) is 4.68 Å². The monoisotopic (exact) mass is 446 g/mol. The highest BCUT2D eigenvalue weighted by Gasteiger charge is 2.16. The van der Waals surface area contributed by atoms with Crippen LogP contribution < -0.4 is 0 Å². The summed E-state index contributed by atoms with van der Waals surface area (Å²) in [7, 11) is 0. The SMILES string of the molecule is CC(C)c1ccc(C(C)C)n1/N=C/c1cccc(-c2c3ccccc3cc3ccccc23)c1O. The van der Waals surface area contributed by atoms with E-state index in [0.29, 0.717) is 17.4 Å². The number of hydrogen-bond donors (Lipinski definition) is 1. The van der Waals surface area contributed by atoms with E-state index in [1.807, 2.05) is 22.9 Å². The van der Waals surface area contributed by atoms with Gasteiger partial charge in [-0.05, 0) is 57.6 Å². The molecule has 0 saturated heterocycles.